The minimum Gasteiger partial charge on any atom is -0.456 e. The largest absolute Gasteiger partial charge is 0.456 e. The first-order valence-corrected chi connectivity index (χ1v) is 6.74. The van der Waals surface area contributed by atoms with E-state index in [4.69, 9.17) is 4.42 Å². The van der Waals surface area contributed by atoms with Crippen LogP contribution in [0.5, 0.6) is 0 Å². The number of halogens is 1. The van der Waals surface area contributed by atoms with E-state index in [1.165, 1.54) is 0 Å². The molecule has 0 aliphatic heterocycles. The fourth-order valence-corrected chi connectivity index (χ4v) is 1.81. The number of rotatable bonds is 4. The first kappa shape index (κ1) is 14.3. The lowest BCUT2D eigenvalue weighted by Gasteiger charge is -2.06. The average molecular weight is 337 g/mol. The van der Waals surface area contributed by atoms with Gasteiger partial charge in [0, 0.05) is 10.2 Å². The molecule has 0 saturated carbocycles. The number of furan rings is 1. The number of nitrogens with one attached hydrogen (secondary N) is 2. The van der Waals surface area contributed by atoms with E-state index in [2.05, 4.69) is 26.6 Å². The van der Waals surface area contributed by atoms with Gasteiger partial charge in [0.05, 0.1) is 6.54 Å². The van der Waals surface area contributed by atoms with Crippen LogP contribution in [0.25, 0.3) is 0 Å². The molecule has 0 aliphatic carbocycles. The lowest BCUT2D eigenvalue weighted by Crippen LogP contribution is -2.32. The molecule has 20 heavy (non-hydrogen) atoms. The van der Waals surface area contributed by atoms with Crippen molar-refractivity contribution in [2.45, 2.75) is 6.92 Å². The Balaban J connectivity index is 1.83. The average Bonchev–Trinajstić information content (AvgIpc) is 2.85. The van der Waals surface area contributed by atoms with Gasteiger partial charge in [-0.05, 0) is 43.3 Å². The third-order valence-corrected chi connectivity index (χ3v) is 3.03. The number of benzene rings is 1. The second-order valence-electron chi connectivity index (χ2n) is 4.15. The van der Waals surface area contributed by atoms with E-state index in [1.54, 1.807) is 31.2 Å². The molecule has 1 aromatic carbocycles. The highest BCUT2D eigenvalue weighted by Gasteiger charge is 2.11. The fraction of sp³-hybridized carbons (Fsp3) is 0.143. The summed E-state index contributed by atoms with van der Waals surface area (Å²) in [6, 6.07) is 10.4. The molecule has 6 heteroatoms. The van der Waals surface area contributed by atoms with E-state index in [-0.39, 0.29) is 18.2 Å². The first-order valence-electron chi connectivity index (χ1n) is 5.94. The van der Waals surface area contributed by atoms with Gasteiger partial charge in [-0.1, -0.05) is 15.9 Å². The zero-order chi connectivity index (χ0) is 14.5. The van der Waals surface area contributed by atoms with Gasteiger partial charge in [-0.2, -0.15) is 0 Å². The van der Waals surface area contributed by atoms with Crippen molar-refractivity contribution in [3.05, 3.63) is 52.4 Å². The molecule has 1 aromatic heterocycles. The van der Waals surface area contributed by atoms with E-state index in [0.29, 0.717) is 11.4 Å². The molecule has 0 saturated heterocycles. The Morgan fingerprint density at radius 1 is 1.15 bits per heavy atom. The van der Waals surface area contributed by atoms with Crippen molar-refractivity contribution in [1.29, 1.82) is 0 Å². The zero-order valence-electron chi connectivity index (χ0n) is 10.8. The number of carbonyl (C=O) groups excluding carboxylic acids is 2. The third-order valence-electron chi connectivity index (χ3n) is 2.50. The molecule has 2 aromatic rings. The van der Waals surface area contributed by atoms with E-state index in [1.807, 2.05) is 12.1 Å². The highest BCUT2D eigenvalue weighted by Crippen LogP contribution is 2.13. The van der Waals surface area contributed by atoms with Gasteiger partial charge in [0.25, 0.3) is 5.91 Å². The summed E-state index contributed by atoms with van der Waals surface area (Å²) in [4.78, 5) is 23.3. The SMILES string of the molecule is Cc1ccc(C(=O)NCC(=O)Nc2ccc(Br)cc2)o1. The standard InChI is InChI=1S/C14H13BrN2O3/c1-9-2-7-12(20-9)14(19)16-8-13(18)17-11-5-3-10(15)4-6-11/h2-7H,8H2,1H3,(H,16,19)(H,17,18). The number of hydrogen-bond acceptors (Lipinski definition) is 3. The molecular formula is C14H13BrN2O3. The van der Waals surface area contributed by atoms with Crippen molar-refractivity contribution in [1.82, 2.24) is 5.32 Å². The summed E-state index contributed by atoms with van der Waals surface area (Å²) in [5.74, 6) is 0.126. The van der Waals surface area contributed by atoms with Crippen molar-refractivity contribution in [2.75, 3.05) is 11.9 Å². The second kappa shape index (κ2) is 6.38. The number of hydrogen-bond donors (Lipinski definition) is 2. The highest BCUT2D eigenvalue weighted by atomic mass is 79.9. The minimum atomic E-state index is -0.413. The Bertz CT molecular complexity index is 620. The summed E-state index contributed by atoms with van der Waals surface area (Å²) in [6.45, 7) is 1.63. The van der Waals surface area contributed by atoms with Crippen LogP contribution in [-0.2, 0) is 4.79 Å². The van der Waals surface area contributed by atoms with Gasteiger partial charge in [-0.3, -0.25) is 9.59 Å². The maximum absolute atomic E-state index is 11.7. The molecule has 0 bridgehead atoms. The van der Waals surface area contributed by atoms with Crippen LogP contribution in [0, 0.1) is 6.92 Å². The lowest BCUT2D eigenvalue weighted by atomic mass is 10.3. The van der Waals surface area contributed by atoms with Crippen molar-refractivity contribution in [2.24, 2.45) is 0 Å². The van der Waals surface area contributed by atoms with Crippen molar-refractivity contribution < 1.29 is 14.0 Å². The maximum atomic E-state index is 11.7. The second-order valence-corrected chi connectivity index (χ2v) is 5.06. The predicted octanol–water partition coefficient (Wildman–Crippen LogP) is 2.72. The molecule has 104 valence electrons. The summed E-state index contributed by atoms with van der Waals surface area (Å²) in [7, 11) is 0. The lowest BCUT2D eigenvalue weighted by molar-refractivity contribution is -0.115. The Labute approximate surface area is 124 Å². The zero-order valence-corrected chi connectivity index (χ0v) is 12.4. The molecule has 0 fully saturated rings. The normalized spacial score (nSPS) is 10.1. The van der Waals surface area contributed by atoms with E-state index in [0.717, 1.165) is 4.47 Å². The van der Waals surface area contributed by atoms with Gasteiger partial charge in [0.15, 0.2) is 5.76 Å². The Kier molecular flexibility index (Phi) is 4.57. The fourth-order valence-electron chi connectivity index (χ4n) is 1.54. The van der Waals surface area contributed by atoms with Crippen LogP contribution >= 0.6 is 15.9 Å². The molecule has 1 heterocycles. The summed E-state index contributed by atoms with van der Waals surface area (Å²) in [5, 5.41) is 5.17. The smallest absolute Gasteiger partial charge is 0.287 e. The van der Waals surface area contributed by atoms with Crippen LogP contribution in [0.1, 0.15) is 16.3 Å². The molecule has 0 atom stereocenters. The Morgan fingerprint density at radius 3 is 2.45 bits per heavy atom. The molecule has 2 N–H and O–H groups in total. The van der Waals surface area contributed by atoms with E-state index < -0.39 is 5.91 Å². The monoisotopic (exact) mass is 336 g/mol. The highest BCUT2D eigenvalue weighted by molar-refractivity contribution is 9.10. The Hall–Kier alpha value is -2.08. The van der Waals surface area contributed by atoms with Crippen molar-refractivity contribution >= 4 is 33.4 Å². The van der Waals surface area contributed by atoms with Crippen LogP contribution < -0.4 is 10.6 Å². The summed E-state index contributed by atoms with van der Waals surface area (Å²) >= 11 is 3.31. The van der Waals surface area contributed by atoms with Crippen LogP contribution in [0.4, 0.5) is 5.69 Å². The number of aryl methyl sites for hydroxylation is 1. The first-order chi connectivity index (χ1) is 9.54. The van der Waals surface area contributed by atoms with Crippen LogP contribution in [0.3, 0.4) is 0 Å². The van der Waals surface area contributed by atoms with Gasteiger partial charge in [0.2, 0.25) is 5.91 Å². The molecule has 2 rings (SSSR count). The van der Waals surface area contributed by atoms with E-state index >= 15 is 0 Å². The molecule has 2 amide bonds. The van der Waals surface area contributed by atoms with E-state index in [9.17, 15) is 9.59 Å². The van der Waals surface area contributed by atoms with Gasteiger partial charge in [0.1, 0.15) is 5.76 Å². The van der Waals surface area contributed by atoms with Crippen LogP contribution in [-0.4, -0.2) is 18.4 Å². The number of amides is 2. The molecule has 5 nitrogen and oxygen atoms in total. The van der Waals surface area contributed by atoms with Gasteiger partial charge in [-0.15, -0.1) is 0 Å². The quantitative estimate of drug-likeness (QED) is 0.901. The molecule has 0 aliphatic rings. The third kappa shape index (κ3) is 3.96. The summed E-state index contributed by atoms with van der Waals surface area (Å²) in [5.41, 5.74) is 0.668. The van der Waals surface area contributed by atoms with Gasteiger partial charge >= 0.3 is 0 Å². The van der Waals surface area contributed by atoms with Gasteiger partial charge < -0.3 is 15.1 Å². The predicted molar refractivity (Wildman–Crippen MR) is 78.5 cm³/mol. The summed E-state index contributed by atoms with van der Waals surface area (Å²) in [6.07, 6.45) is 0. The van der Waals surface area contributed by atoms with Gasteiger partial charge in [-0.25, -0.2) is 0 Å². The molecular weight excluding hydrogens is 324 g/mol. The maximum Gasteiger partial charge on any atom is 0.287 e. The van der Waals surface area contributed by atoms with Crippen molar-refractivity contribution in [3.8, 4) is 0 Å². The minimum absolute atomic E-state index is 0.116. The van der Waals surface area contributed by atoms with Crippen LogP contribution in [0.15, 0.2) is 45.3 Å². The number of carbonyl (C=O) groups is 2. The molecule has 0 spiro atoms. The summed E-state index contributed by atoms with van der Waals surface area (Å²) < 4.78 is 6.09. The van der Waals surface area contributed by atoms with Crippen molar-refractivity contribution in [3.63, 3.8) is 0 Å². The number of anilines is 1. The van der Waals surface area contributed by atoms with Crippen LogP contribution in [0.2, 0.25) is 0 Å². The topological polar surface area (TPSA) is 71.3 Å². The Morgan fingerprint density at radius 2 is 1.85 bits per heavy atom. The molecule has 0 unspecified atom stereocenters. The molecule has 0 radical (unpaired) electrons.